The van der Waals surface area contributed by atoms with E-state index in [1.807, 2.05) is 0 Å². The molecule has 1 heterocycles. The number of hydrogen-bond acceptors (Lipinski definition) is 2. The zero-order valence-electron chi connectivity index (χ0n) is 17.2. The fourth-order valence-corrected chi connectivity index (χ4v) is 7.61. The van der Waals surface area contributed by atoms with Gasteiger partial charge in [-0.1, -0.05) is 17.7 Å². The Balaban J connectivity index is 1.38. The molecular formula is C24H34N2O. The summed E-state index contributed by atoms with van der Waals surface area (Å²) in [5.74, 6) is 3.03. The normalized spacial score (nSPS) is 37.7. The Morgan fingerprint density at radius 1 is 1.00 bits per heavy atom. The molecule has 1 aliphatic heterocycles. The van der Waals surface area contributed by atoms with Crippen molar-refractivity contribution in [1.29, 1.82) is 0 Å². The van der Waals surface area contributed by atoms with E-state index in [1.165, 1.54) is 61.6 Å². The predicted octanol–water partition coefficient (Wildman–Crippen LogP) is 4.98. The highest BCUT2D eigenvalue weighted by atomic mass is 16.2. The number of rotatable bonds is 3. The number of carbonyl (C=O) groups is 1. The van der Waals surface area contributed by atoms with E-state index in [0.717, 1.165) is 36.4 Å². The van der Waals surface area contributed by atoms with E-state index < -0.39 is 0 Å². The van der Waals surface area contributed by atoms with Crippen LogP contribution < -0.4 is 5.32 Å². The quantitative estimate of drug-likeness (QED) is 0.818. The van der Waals surface area contributed by atoms with E-state index in [-0.39, 0.29) is 11.9 Å². The van der Waals surface area contributed by atoms with Gasteiger partial charge in [0.15, 0.2) is 0 Å². The number of nitrogens with zero attached hydrogens (tertiary/aromatic N) is 1. The maximum atomic E-state index is 13.4. The van der Waals surface area contributed by atoms with Crippen LogP contribution in [-0.2, 0) is 4.79 Å². The number of amides is 1. The SMILES string of the molecule is Cc1cc(C)c(NC(=O)[C@H]2CCCN2C23CC4CC(CC(C4)C2)C3)c(C)c1. The third-order valence-electron chi connectivity index (χ3n) is 8.10. The Hall–Kier alpha value is -1.35. The summed E-state index contributed by atoms with van der Waals surface area (Å²) >= 11 is 0. The van der Waals surface area contributed by atoms with E-state index in [9.17, 15) is 4.79 Å². The lowest BCUT2D eigenvalue weighted by Gasteiger charge is -2.60. The van der Waals surface area contributed by atoms with Gasteiger partial charge in [-0.3, -0.25) is 9.69 Å². The highest BCUT2D eigenvalue weighted by Gasteiger charge is 2.56. The van der Waals surface area contributed by atoms with Crippen LogP contribution >= 0.6 is 0 Å². The number of aryl methyl sites for hydroxylation is 3. The first-order valence-corrected chi connectivity index (χ1v) is 11.1. The highest BCUT2D eigenvalue weighted by Crippen LogP contribution is 2.58. The number of carbonyl (C=O) groups excluding carboxylic acids is 1. The first kappa shape index (κ1) is 17.7. The minimum atomic E-state index is 0.0707. The van der Waals surface area contributed by atoms with Crippen molar-refractivity contribution >= 4 is 11.6 Å². The maximum Gasteiger partial charge on any atom is 0.241 e. The molecule has 27 heavy (non-hydrogen) atoms. The molecule has 4 saturated carbocycles. The highest BCUT2D eigenvalue weighted by molar-refractivity contribution is 5.96. The van der Waals surface area contributed by atoms with E-state index in [2.05, 4.69) is 43.1 Å². The van der Waals surface area contributed by atoms with E-state index in [4.69, 9.17) is 0 Å². The van der Waals surface area contributed by atoms with Crippen molar-refractivity contribution in [2.75, 3.05) is 11.9 Å². The lowest BCUT2D eigenvalue weighted by molar-refractivity contribution is -0.131. The molecule has 3 heteroatoms. The van der Waals surface area contributed by atoms with Crippen molar-refractivity contribution in [3.63, 3.8) is 0 Å². The van der Waals surface area contributed by atoms with E-state index in [1.54, 1.807) is 0 Å². The summed E-state index contributed by atoms with van der Waals surface area (Å²) in [5.41, 5.74) is 4.99. The van der Waals surface area contributed by atoms with Crippen LogP contribution in [0.4, 0.5) is 5.69 Å². The van der Waals surface area contributed by atoms with Crippen LogP contribution in [0.1, 0.15) is 68.1 Å². The molecule has 5 aliphatic rings. The Kier molecular flexibility index (Phi) is 4.16. The molecule has 0 aromatic heterocycles. The molecule has 1 atom stereocenters. The first-order chi connectivity index (χ1) is 12.9. The lowest BCUT2D eigenvalue weighted by Crippen LogP contribution is -2.62. The van der Waals surface area contributed by atoms with E-state index >= 15 is 0 Å². The molecule has 0 spiro atoms. The number of hydrogen-bond donors (Lipinski definition) is 1. The minimum Gasteiger partial charge on any atom is -0.324 e. The summed E-state index contributed by atoms with van der Waals surface area (Å²) in [6, 6.07) is 4.42. The molecule has 146 valence electrons. The second kappa shape index (κ2) is 6.34. The molecule has 1 aromatic rings. The Bertz CT molecular complexity index is 709. The second-order valence-corrected chi connectivity index (χ2v) is 10.3. The van der Waals surface area contributed by atoms with E-state index in [0.29, 0.717) is 5.54 Å². The Morgan fingerprint density at radius 3 is 2.11 bits per heavy atom. The summed E-state index contributed by atoms with van der Waals surface area (Å²) < 4.78 is 0. The van der Waals surface area contributed by atoms with Crippen molar-refractivity contribution in [2.45, 2.75) is 83.7 Å². The van der Waals surface area contributed by atoms with Gasteiger partial charge in [0.2, 0.25) is 5.91 Å². The summed E-state index contributed by atoms with van der Waals surface area (Å²) in [4.78, 5) is 16.0. The van der Waals surface area contributed by atoms with Crippen LogP contribution in [0.3, 0.4) is 0 Å². The zero-order chi connectivity index (χ0) is 18.8. The molecule has 6 rings (SSSR count). The standard InChI is InChI=1S/C24H34N2O/c1-15-7-16(2)22(17(3)8-15)25-23(27)21-5-4-6-26(21)24-12-18-9-19(13-24)11-20(10-18)14-24/h7-8,18-21H,4-6,9-14H2,1-3H3,(H,25,27)/t18?,19?,20?,21-,24?/m1/s1. The summed E-state index contributed by atoms with van der Waals surface area (Å²) in [5, 5.41) is 3.33. The number of anilines is 1. The van der Waals surface area contributed by atoms with Gasteiger partial charge in [-0.15, -0.1) is 0 Å². The molecular weight excluding hydrogens is 332 g/mol. The fraction of sp³-hybridized carbons (Fsp3) is 0.708. The maximum absolute atomic E-state index is 13.4. The van der Waals surface area contributed by atoms with Gasteiger partial charge in [0, 0.05) is 11.2 Å². The smallest absolute Gasteiger partial charge is 0.241 e. The van der Waals surface area contributed by atoms with Crippen LogP contribution in [0, 0.1) is 38.5 Å². The molecule has 1 saturated heterocycles. The van der Waals surface area contributed by atoms with Crippen LogP contribution in [0.25, 0.3) is 0 Å². The van der Waals surface area contributed by atoms with Gasteiger partial charge in [0.05, 0.1) is 6.04 Å². The van der Waals surface area contributed by atoms with Crippen molar-refractivity contribution < 1.29 is 4.79 Å². The Morgan fingerprint density at radius 2 is 1.56 bits per heavy atom. The molecule has 1 aromatic carbocycles. The number of nitrogens with one attached hydrogen (secondary N) is 1. The predicted molar refractivity (Wildman–Crippen MR) is 110 cm³/mol. The topological polar surface area (TPSA) is 32.3 Å². The van der Waals surface area contributed by atoms with Gasteiger partial charge in [0.1, 0.15) is 0 Å². The first-order valence-electron chi connectivity index (χ1n) is 11.1. The van der Waals surface area contributed by atoms with Crippen molar-refractivity contribution in [3.8, 4) is 0 Å². The number of likely N-dealkylation sites (tertiary alicyclic amines) is 1. The van der Waals surface area contributed by atoms with Gasteiger partial charge >= 0.3 is 0 Å². The van der Waals surface area contributed by atoms with Crippen LogP contribution in [0.15, 0.2) is 12.1 Å². The molecule has 1 N–H and O–H groups in total. The molecule has 5 fully saturated rings. The van der Waals surface area contributed by atoms with Gasteiger partial charge in [-0.05, 0) is 108 Å². The Labute approximate surface area is 163 Å². The third kappa shape index (κ3) is 2.93. The average Bonchev–Trinajstić information content (AvgIpc) is 3.07. The summed E-state index contributed by atoms with van der Waals surface area (Å²) in [6.45, 7) is 7.47. The largest absolute Gasteiger partial charge is 0.324 e. The van der Waals surface area contributed by atoms with Gasteiger partial charge in [0.25, 0.3) is 0 Å². The van der Waals surface area contributed by atoms with Crippen molar-refractivity contribution in [3.05, 3.63) is 28.8 Å². The van der Waals surface area contributed by atoms with Crippen LogP contribution in [0.2, 0.25) is 0 Å². The molecule has 0 unspecified atom stereocenters. The zero-order valence-corrected chi connectivity index (χ0v) is 17.2. The van der Waals surface area contributed by atoms with Gasteiger partial charge < -0.3 is 5.32 Å². The molecule has 3 nitrogen and oxygen atoms in total. The average molecular weight is 367 g/mol. The van der Waals surface area contributed by atoms with Gasteiger partial charge in [-0.2, -0.15) is 0 Å². The van der Waals surface area contributed by atoms with Gasteiger partial charge in [-0.25, -0.2) is 0 Å². The summed E-state index contributed by atoms with van der Waals surface area (Å²) in [7, 11) is 0. The fourth-order valence-electron chi connectivity index (χ4n) is 7.61. The van der Waals surface area contributed by atoms with Crippen LogP contribution in [-0.4, -0.2) is 28.9 Å². The third-order valence-corrected chi connectivity index (χ3v) is 8.10. The molecule has 4 aliphatic carbocycles. The van der Waals surface area contributed by atoms with Crippen molar-refractivity contribution in [2.24, 2.45) is 17.8 Å². The molecule has 4 bridgehead atoms. The second-order valence-electron chi connectivity index (χ2n) is 10.3. The lowest BCUT2D eigenvalue weighted by atomic mass is 9.52. The molecule has 0 radical (unpaired) electrons. The number of benzene rings is 1. The van der Waals surface area contributed by atoms with Crippen LogP contribution in [0.5, 0.6) is 0 Å². The monoisotopic (exact) mass is 366 g/mol. The molecule has 1 amide bonds. The summed E-state index contributed by atoms with van der Waals surface area (Å²) in [6.07, 6.45) is 10.6. The van der Waals surface area contributed by atoms with Crippen molar-refractivity contribution in [1.82, 2.24) is 4.90 Å². The minimum absolute atomic E-state index is 0.0707.